The highest BCUT2D eigenvalue weighted by Crippen LogP contribution is 2.23. The Morgan fingerprint density at radius 2 is 1.57 bits per heavy atom. The van der Waals surface area contributed by atoms with Crippen molar-refractivity contribution in [1.29, 1.82) is 0 Å². The maximum Gasteiger partial charge on any atom is 0.243 e. The first kappa shape index (κ1) is 33.1. The van der Waals surface area contributed by atoms with Gasteiger partial charge in [0.15, 0.2) is 0 Å². The summed E-state index contributed by atoms with van der Waals surface area (Å²) in [6, 6.07) is 23.3. The number of carbonyl (C=O) groups is 2. The zero-order chi connectivity index (χ0) is 30.7. The van der Waals surface area contributed by atoms with E-state index in [1.807, 2.05) is 75.4 Å². The minimum Gasteiger partial charge on any atom is -0.494 e. The molecule has 0 spiro atoms. The van der Waals surface area contributed by atoms with Crippen molar-refractivity contribution in [2.45, 2.75) is 58.7 Å². The molecule has 0 aliphatic carbocycles. The summed E-state index contributed by atoms with van der Waals surface area (Å²) in [5.74, 6) is 0.196. The fourth-order valence-electron chi connectivity index (χ4n) is 4.60. The van der Waals surface area contributed by atoms with Crippen molar-refractivity contribution in [3.63, 3.8) is 0 Å². The van der Waals surface area contributed by atoms with E-state index in [0.29, 0.717) is 24.5 Å². The lowest BCUT2D eigenvalue weighted by Gasteiger charge is -2.32. The number of ether oxygens (including phenoxy) is 1. The molecule has 2 amide bonds. The van der Waals surface area contributed by atoms with Crippen LogP contribution in [0.15, 0.2) is 83.3 Å². The van der Waals surface area contributed by atoms with Gasteiger partial charge in [0.05, 0.1) is 18.6 Å². The number of nitrogens with zero attached hydrogens (tertiary/aromatic N) is 2. The summed E-state index contributed by atoms with van der Waals surface area (Å²) >= 11 is 3.45. The van der Waals surface area contributed by atoms with Crippen LogP contribution in [-0.4, -0.2) is 56.6 Å². The minimum atomic E-state index is -3.60. The number of hydrogen-bond donors (Lipinski definition) is 1. The van der Waals surface area contributed by atoms with Crippen molar-refractivity contribution in [2.75, 3.05) is 23.7 Å². The van der Waals surface area contributed by atoms with Crippen LogP contribution in [0, 0.1) is 0 Å². The minimum absolute atomic E-state index is 0.0693. The molecule has 0 bridgehead atoms. The van der Waals surface area contributed by atoms with Gasteiger partial charge in [0.25, 0.3) is 0 Å². The van der Waals surface area contributed by atoms with Gasteiger partial charge in [0.1, 0.15) is 11.8 Å². The summed E-state index contributed by atoms with van der Waals surface area (Å²) in [4.78, 5) is 29.0. The highest BCUT2D eigenvalue weighted by Gasteiger charge is 2.31. The van der Waals surface area contributed by atoms with E-state index in [1.54, 1.807) is 29.2 Å². The summed E-state index contributed by atoms with van der Waals surface area (Å²) in [5.41, 5.74) is 2.32. The maximum atomic E-state index is 13.9. The third-order valence-electron chi connectivity index (χ3n) is 6.56. The van der Waals surface area contributed by atoms with Crippen LogP contribution in [0.25, 0.3) is 0 Å². The summed E-state index contributed by atoms with van der Waals surface area (Å²) in [6.07, 6.45) is 1.85. The third kappa shape index (κ3) is 10.2. The molecule has 1 N–H and O–H groups in total. The molecule has 3 aromatic carbocycles. The molecule has 3 aromatic rings. The molecule has 3 rings (SSSR count). The zero-order valence-electron chi connectivity index (χ0n) is 24.6. The number of carbonyl (C=O) groups excluding carboxylic acids is 2. The molecule has 42 heavy (non-hydrogen) atoms. The van der Waals surface area contributed by atoms with E-state index in [-0.39, 0.29) is 43.8 Å². The van der Waals surface area contributed by atoms with Gasteiger partial charge in [0, 0.05) is 36.4 Å². The largest absolute Gasteiger partial charge is 0.494 e. The monoisotopic (exact) mass is 657 g/mol. The molecule has 0 aliphatic heterocycles. The standard InChI is InChI=1S/C32H40BrN3O5S/c1-5-41-29-19-17-28(18-20-29)36(42(4,39)40)21-9-12-31(37)35(23-26-13-15-27(33)16-14-26)30(32(38)34-24(2)3)22-25-10-7-6-8-11-25/h6-8,10-11,13-20,24,30H,5,9,12,21-23H2,1-4H3,(H,34,38)/t30-/m1/s1. The molecule has 0 heterocycles. The number of hydrogen-bond acceptors (Lipinski definition) is 5. The van der Waals surface area contributed by atoms with Gasteiger partial charge in [-0.1, -0.05) is 58.4 Å². The first-order valence-corrected chi connectivity index (χ1v) is 16.7. The SMILES string of the molecule is CCOc1ccc(N(CCCC(=O)N(Cc2ccc(Br)cc2)[C@H](Cc2ccccc2)C(=O)NC(C)C)S(C)(=O)=O)cc1. The quantitative estimate of drug-likeness (QED) is 0.231. The Labute approximate surface area is 258 Å². The van der Waals surface area contributed by atoms with Crippen LogP contribution in [-0.2, 0) is 32.6 Å². The first-order valence-electron chi connectivity index (χ1n) is 14.1. The molecule has 10 heteroatoms. The Bertz CT molecular complexity index is 1400. The summed E-state index contributed by atoms with van der Waals surface area (Å²) < 4.78 is 33.0. The van der Waals surface area contributed by atoms with Crippen molar-refractivity contribution < 1.29 is 22.7 Å². The second-order valence-corrected chi connectivity index (χ2v) is 13.2. The maximum absolute atomic E-state index is 13.9. The van der Waals surface area contributed by atoms with Crippen LogP contribution in [0.5, 0.6) is 5.75 Å². The highest BCUT2D eigenvalue weighted by molar-refractivity contribution is 9.10. The van der Waals surface area contributed by atoms with E-state index in [4.69, 9.17) is 4.74 Å². The number of anilines is 1. The summed E-state index contributed by atoms with van der Waals surface area (Å²) in [7, 11) is -3.60. The Morgan fingerprint density at radius 3 is 2.14 bits per heavy atom. The second kappa shape index (κ2) is 15.7. The van der Waals surface area contributed by atoms with Crippen LogP contribution in [0.2, 0.25) is 0 Å². The molecule has 0 unspecified atom stereocenters. The van der Waals surface area contributed by atoms with Crippen molar-refractivity contribution in [3.05, 3.63) is 94.5 Å². The van der Waals surface area contributed by atoms with Gasteiger partial charge >= 0.3 is 0 Å². The van der Waals surface area contributed by atoms with Gasteiger partial charge in [0.2, 0.25) is 21.8 Å². The molecule has 226 valence electrons. The number of amides is 2. The number of benzene rings is 3. The van der Waals surface area contributed by atoms with Crippen molar-refractivity contribution in [2.24, 2.45) is 0 Å². The highest BCUT2D eigenvalue weighted by atomic mass is 79.9. The average Bonchev–Trinajstić information content (AvgIpc) is 2.94. The van der Waals surface area contributed by atoms with Crippen LogP contribution in [0.3, 0.4) is 0 Å². The van der Waals surface area contributed by atoms with Gasteiger partial charge in [-0.05, 0) is 74.7 Å². The predicted octanol–water partition coefficient (Wildman–Crippen LogP) is 5.56. The van der Waals surface area contributed by atoms with E-state index in [1.165, 1.54) is 4.31 Å². The second-order valence-electron chi connectivity index (χ2n) is 10.4. The van der Waals surface area contributed by atoms with Gasteiger partial charge in [-0.2, -0.15) is 0 Å². The molecule has 0 saturated heterocycles. The summed E-state index contributed by atoms with van der Waals surface area (Å²) in [6.45, 7) is 6.52. The lowest BCUT2D eigenvalue weighted by atomic mass is 10.0. The van der Waals surface area contributed by atoms with Crippen LogP contribution in [0.1, 0.15) is 44.7 Å². The van der Waals surface area contributed by atoms with E-state index >= 15 is 0 Å². The van der Waals surface area contributed by atoms with E-state index in [0.717, 1.165) is 21.9 Å². The molecule has 0 fully saturated rings. The molecule has 0 radical (unpaired) electrons. The summed E-state index contributed by atoms with van der Waals surface area (Å²) in [5, 5.41) is 2.98. The Balaban J connectivity index is 1.85. The van der Waals surface area contributed by atoms with Crippen molar-refractivity contribution >= 4 is 43.5 Å². The molecule has 0 saturated carbocycles. The van der Waals surface area contributed by atoms with E-state index in [9.17, 15) is 18.0 Å². The van der Waals surface area contributed by atoms with Gasteiger partial charge in [-0.15, -0.1) is 0 Å². The number of halogens is 1. The fourth-order valence-corrected chi connectivity index (χ4v) is 5.83. The molecule has 0 aliphatic rings. The van der Waals surface area contributed by atoms with Crippen molar-refractivity contribution in [1.82, 2.24) is 10.2 Å². The van der Waals surface area contributed by atoms with Crippen LogP contribution >= 0.6 is 15.9 Å². The Hall–Kier alpha value is -3.37. The van der Waals surface area contributed by atoms with Gasteiger partial charge in [-0.3, -0.25) is 13.9 Å². The van der Waals surface area contributed by atoms with Crippen LogP contribution in [0.4, 0.5) is 5.69 Å². The Kier molecular flexibility index (Phi) is 12.4. The van der Waals surface area contributed by atoms with Gasteiger partial charge in [-0.25, -0.2) is 8.42 Å². The smallest absolute Gasteiger partial charge is 0.243 e. The number of sulfonamides is 1. The van der Waals surface area contributed by atoms with Crippen LogP contribution < -0.4 is 14.4 Å². The number of rotatable bonds is 15. The lowest BCUT2D eigenvalue weighted by molar-refractivity contribution is -0.141. The molecule has 1 atom stereocenters. The average molecular weight is 659 g/mol. The molecular weight excluding hydrogens is 618 g/mol. The normalized spacial score (nSPS) is 12.0. The topological polar surface area (TPSA) is 96.0 Å². The van der Waals surface area contributed by atoms with Crippen molar-refractivity contribution in [3.8, 4) is 5.75 Å². The molecular formula is C32H40BrN3O5S. The first-order chi connectivity index (χ1) is 20.0. The lowest BCUT2D eigenvalue weighted by Crippen LogP contribution is -2.51. The van der Waals surface area contributed by atoms with E-state index < -0.39 is 16.1 Å². The molecule has 8 nitrogen and oxygen atoms in total. The zero-order valence-corrected chi connectivity index (χ0v) is 27.0. The van der Waals surface area contributed by atoms with E-state index in [2.05, 4.69) is 21.2 Å². The fraction of sp³-hybridized carbons (Fsp3) is 0.375. The molecule has 0 aromatic heterocycles. The predicted molar refractivity (Wildman–Crippen MR) is 171 cm³/mol. The number of nitrogens with one attached hydrogen (secondary N) is 1. The van der Waals surface area contributed by atoms with Gasteiger partial charge < -0.3 is 15.0 Å². The third-order valence-corrected chi connectivity index (χ3v) is 8.28. The Morgan fingerprint density at radius 1 is 0.929 bits per heavy atom.